The molecule has 0 saturated carbocycles. The molecule has 2 heterocycles. The second kappa shape index (κ2) is 7.07. The lowest BCUT2D eigenvalue weighted by atomic mass is 9.89. The molecular weight excluding hydrogens is 286 g/mol. The number of rotatable bonds is 4. The van der Waals surface area contributed by atoms with Crippen LogP contribution in [0.3, 0.4) is 0 Å². The van der Waals surface area contributed by atoms with Crippen molar-refractivity contribution >= 4 is 12.4 Å². The number of benzene rings is 1. The van der Waals surface area contributed by atoms with Gasteiger partial charge in [-0.25, -0.2) is 0 Å². The van der Waals surface area contributed by atoms with Crippen molar-refractivity contribution in [2.45, 2.75) is 19.4 Å². The maximum atomic E-state index is 5.96. The second-order valence-electron chi connectivity index (χ2n) is 5.64. The summed E-state index contributed by atoms with van der Waals surface area (Å²) in [6, 6.07) is 12.7. The molecule has 4 nitrogen and oxygen atoms in total. The Labute approximate surface area is 131 Å². The molecule has 21 heavy (non-hydrogen) atoms. The van der Waals surface area contributed by atoms with E-state index in [0.717, 1.165) is 37.6 Å². The van der Waals surface area contributed by atoms with Crippen molar-refractivity contribution in [1.29, 1.82) is 0 Å². The van der Waals surface area contributed by atoms with Gasteiger partial charge >= 0.3 is 0 Å². The molecule has 1 aliphatic heterocycles. The number of aromatic nitrogens is 1. The molecule has 2 N–H and O–H groups in total. The molecule has 2 aromatic rings. The normalized spacial score (nSPS) is 22.2. The third-order valence-corrected chi connectivity index (χ3v) is 4.11. The first kappa shape index (κ1) is 16.0. The van der Waals surface area contributed by atoms with Crippen LogP contribution in [-0.4, -0.2) is 29.7 Å². The molecule has 0 spiro atoms. The van der Waals surface area contributed by atoms with Gasteiger partial charge in [0, 0.05) is 31.6 Å². The number of aryl methyl sites for hydroxylation is 1. The van der Waals surface area contributed by atoms with Gasteiger partial charge in [0.25, 0.3) is 0 Å². The van der Waals surface area contributed by atoms with E-state index in [0.29, 0.717) is 11.8 Å². The number of likely N-dealkylation sites (tertiary alicyclic amines) is 1. The van der Waals surface area contributed by atoms with Crippen LogP contribution >= 0.6 is 12.4 Å². The number of halogens is 1. The highest BCUT2D eigenvalue weighted by Crippen LogP contribution is 2.32. The Hall–Kier alpha value is -1.36. The first-order valence-electron chi connectivity index (χ1n) is 7.16. The molecule has 1 aromatic carbocycles. The molecule has 1 fully saturated rings. The van der Waals surface area contributed by atoms with Gasteiger partial charge in [-0.3, -0.25) is 4.90 Å². The van der Waals surface area contributed by atoms with Crippen molar-refractivity contribution in [3.8, 4) is 0 Å². The number of hydrogen-bond donors (Lipinski definition) is 1. The van der Waals surface area contributed by atoms with E-state index >= 15 is 0 Å². The zero-order chi connectivity index (χ0) is 13.9. The predicted octanol–water partition coefficient (Wildman–Crippen LogP) is 2.58. The Morgan fingerprint density at radius 3 is 2.67 bits per heavy atom. The first-order valence-corrected chi connectivity index (χ1v) is 7.16. The van der Waals surface area contributed by atoms with E-state index in [-0.39, 0.29) is 12.4 Å². The average molecular weight is 308 g/mol. The Kier molecular flexibility index (Phi) is 5.39. The molecule has 0 amide bonds. The molecular formula is C16H22ClN3O. The van der Waals surface area contributed by atoms with E-state index in [1.165, 1.54) is 5.56 Å². The summed E-state index contributed by atoms with van der Waals surface area (Å²) < 4.78 is 5.14. The zero-order valence-corrected chi connectivity index (χ0v) is 13.1. The van der Waals surface area contributed by atoms with Crippen molar-refractivity contribution in [2.24, 2.45) is 11.7 Å². The van der Waals surface area contributed by atoms with E-state index in [9.17, 15) is 0 Å². The predicted molar refractivity (Wildman–Crippen MR) is 85.5 cm³/mol. The van der Waals surface area contributed by atoms with Crippen LogP contribution in [0.1, 0.15) is 22.9 Å². The van der Waals surface area contributed by atoms with Gasteiger partial charge in [-0.15, -0.1) is 12.4 Å². The average Bonchev–Trinajstić information content (AvgIpc) is 3.06. The number of hydrogen-bond acceptors (Lipinski definition) is 4. The van der Waals surface area contributed by atoms with E-state index in [4.69, 9.17) is 10.3 Å². The van der Waals surface area contributed by atoms with Crippen LogP contribution in [0.4, 0.5) is 0 Å². The minimum Gasteiger partial charge on any atom is -0.361 e. The van der Waals surface area contributed by atoms with Gasteiger partial charge in [0.1, 0.15) is 5.76 Å². The van der Waals surface area contributed by atoms with Gasteiger partial charge in [-0.1, -0.05) is 35.5 Å². The van der Waals surface area contributed by atoms with Crippen LogP contribution in [0.25, 0.3) is 0 Å². The van der Waals surface area contributed by atoms with Gasteiger partial charge in [0.2, 0.25) is 0 Å². The van der Waals surface area contributed by atoms with Crippen molar-refractivity contribution < 1.29 is 4.52 Å². The second-order valence-corrected chi connectivity index (χ2v) is 5.64. The molecule has 2 atom stereocenters. The van der Waals surface area contributed by atoms with Gasteiger partial charge in [-0.05, 0) is 24.9 Å². The first-order chi connectivity index (χ1) is 9.76. The molecule has 3 rings (SSSR count). The molecule has 0 radical (unpaired) electrons. The van der Waals surface area contributed by atoms with Crippen LogP contribution in [0.15, 0.2) is 40.9 Å². The summed E-state index contributed by atoms with van der Waals surface area (Å²) in [4.78, 5) is 2.42. The SMILES string of the molecule is Cc1cc(CN2C[C@@H](CN)[C@H](c3ccccc3)C2)no1.Cl. The zero-order valence-electron chi connectivity index (χ0n) is 12.2. The lowest BCUT2D eigenvalue weighted by Gasteiger charge is -2.16. The van der Waals surface area contributed by atoms with Crippen LogP contribution in [0, 0.1) is 12.8 Å². The highest BCUT2D eigenvalue weighted by Gasteiger charge is 2.32. The van der Waals surface area contributed by atoms with E-state index < -0.39 is 0 Å². The van der Waals surface area contributed by atoms with Gasteiger partial charge in [-0.2, -0.15) is 0 Å². The largest absolute Gasteiger partial charge is 0.361 e. The molecule has 1 aliphatic rings. The minimum absolute atomic E-state index is 0. The molecule has 0 bridgehead atoms. The monoisotopic (exact) mass is 307 g/mol. The lowest BCUT2D eigenvalue weighted by molar-refractivity contribution is 0.300. The highest BCUT2D eigenvalue weighted by molar-refractivity contribution is 5.85. The van der Waals surface area contributed by atoms with E-state index in [2.05, 4.69) is 40.4 Å². The summed E-state index contributed by atoms with van der Waals surface area (Å²) in [5.41, 5.74) is 8.36. The number of nitrogens with two attached hydrogens (primary N) is 1. The topological polar surface area (TPSA) is 55.3 Å². The fourth-order valence-electron chi connectivity index (χ4n) is 3.13. The van der Waals surface area contributed by atoms with Crippen LogP contribution in [0.2, 0.25) is 0 Å². The Bertz CT molecular complexity index is 558. The van der Waals surface area contributed by atoms with E-state index in [1.54, 1.807) is 0 Å². The van der Waals surface area contributed by atoms with Gasteiger partial charge < -0.3 is 10.3 Å². The minimum atomic E-state index is 0. The molecule has 1 aromatic heterocycles. The summed E-state index contributed by atoms with van der Waals surface area (Å²) in [5, 5.41) is 4.08. The lowest BCUT2D eigenvalue weighted by Crippen LogP contribution is -2.23. The molecule has 0 unspecified atom stereocenters. The van der Waals surface area contributed by atoms with E-state index in [1.807, 2.05) is 13.0 Å². The maximum absolute atomic E-state index is 5.96. The van der Waals surface area contributed by atoms with Crippen molar-refractivity contribution in [3.63, 3.8) is 0 Å². The summed E-state index contributed by atoms with van der Waals surface area (Å²) >= 11 is 0. The summed E-state index contributed by atoms with van der Waals surface area (Å²) in [6.45, 7) is 5.57. The third kappa shape index (κ3) is 3.64. The van der Waals surface area contributed by atoms with Crippen LogP contribution < -0.4 is 5.73 Å². The summed E-state index contributed by atoms with van der Waals surface area (Å²) in [5.74, 6) is 1.91. The fourth-order valence-corrected chi connectivity index (χ4v) is 3.13. The summed E-state index contributed by atoms with van der Waals surface area (Å²) in [6.07, 6.45) is 0. The van der Waals surface area contributed by atoms with Gasteiger partial charge in [0.15, 0.2) is 0 Å². The molecule has 114 valence electrons. The van der Waals surface area contributed by atoms with Crippen molar-refractivity contribution in [1.82, 2.24) is 10.1 Å². The summed E-state index contributed by atoms with van der Waals surface area (Å²) in [7, 11) is 0. The molecule has 1 saturated heterocycles. The van der Waals surface area contributed by atoms with Crippen LogP contribution in [0.5, 0.6) is 0 Å². The van der Waals surface area contributed by atoms with Crippen LogP contribution in [-0.2, 0) is 6.54 Å². The third-order valence-electron chi connectivity index (χ3n) is 4.11. The quantitative estimate of drug-likeness (QED) is 0.943. The fraction of sp³-hybridized carbons (Fsp3) is 0.438. The standard InChI is InChI=1S/C16H21N3O.ClH/c1-12-7-15(18-20-12)10-19-9-14(8-17)16(11-19)13-5-3-2-4-6-13;/h2-7,14,16H,8-11,17H2,1H3;1H/t14-,16+;/m1./s1. The maximum Gasteiger partial charge on any atom is 0.133 e. The molecule has 0 aliphatic carbocycles. The van der Waals surface area contributed by atoms with Gasteiger partial charge in [0.05, 0.1) is 5.69 Å². The Balaban J connectivity index is 0.00000161. The number of nitrogens with zero attached hydrogens (tertiary/aromatic N) is 2. The van der Waals surface area contributed by atoms with Crippen molar-refractivity contribution in [3.05, 3.63) is 53.4 Å². The Morgan fingerprint density at radius 2 is 2.05 bits per heavy atom. The van der Waals surface area contributed by atoms with Crippen molar-refractivity contribution in [2.75, 3.05) is 19.6 Å². The molecule has 5 heteroatoms. The highest BCUT2D eigenvalue weighted by atomic mass is 35.5. The smallest absolute Gasteiger partial charge is 0.133 e. The Morgan fingerprint density at radius 1 is 1.29 bits per heavy atom.